The van der Waals surface area contributed by atoms with Crippen molar-refractivity contribution in [2.24, 2.45) is 0 Å². The largest absolute Gasteiger partial charge is 0.309 e. The number of para-hydroxylation sites is 1. The molecule has 2 aliphatic heterocycles. The Bertz CT molecular complexity index is 697. The molecule has 1 saturated carbocycles. The van der Waals surface area contributed by atoms with E-state index >= 15 is 0 Å². The molecule has 3 atom stereocenters. The molecule has 0 aromatic heterocycles. The Morgan fingerprint density at radius 2 is 1.40 bits per heavy atom. The molecule has 2 saturated heterocycles. The Kier molecular flexibility index (Phi) is 7.24. The first-order valence-corrected chi connectivity index (χ1v) is 12.3. The zero-order valence-electron chi connectivity index (χ0n) is 18.6. The third-order valence-corrected chi connectivity index (χ3v) is 7.57. The van der Waals surface area contributed by atoms with Gasteiger partial charge < -0.3 is 4.90 Å². The number of ketones is 1. The second-order valence-corrected chi connectivity index (χ2v) is 9.79. The van der Waals surface area contributed by atoms with Crippen molar-refractivity contribution in [1.82, 2.24) is 4.90 Å². The second kappa shape index (κ2) is 10.1. The van der Waals surface area contributed by atoms with Crippen molar-refractivity contribution >= 4 is 17.4 Å². The lowest BCUT2D eigenvalue weighted by molar-refractivity contribution is -0.126. The maximum atomic E-state index is 13.1. The Morgan fingerprint density at radius 3 is 2.00 bits per heavy atom. The molecule has 4 nitrogen and oxygen atoms in total. The summed E-state index contributed by atoms with van der Waals surface area (Å²) in [7, 11) is 0. The van der Waals surface area contributed by atoms with Crippen LogP contribution in [0.3, 0.4) is 0 Å². The summed E-state index contributed by atoms with van der Waals surface area (Å²) in [5.41, 5.74) is 0.950. The molecular formula is C26H38N2O2. The molecule has 0 spiro atoms. The smallest absolute Gasteiger partial charge is 0.234 e. The van der Waals surface area contributed by atoms with Crippen molar-refractivity contribution in [2.75, 3.05) is 4.90 Å². The quantitative estimate of drug-likeness (QED) is 0.602. The zero-order valence-corrected chi connectivity index (χ0v) is 18.6. The number of nitrogens with zero attached hydrogens (tertiary/aromatic N) is 2. The van der Waals surface area contributed by atoms with Gasteiger partial charge in [0, 0.05) is 29.9 Å². The summed E-state index contributed by atoms with van der Waals surface area (Å²) in [5, 5.41) is 0. The minimum absolute atomic E-state index is 0.00701. The van der Waals surface area contributed by atoms with Crippen LogP contribution in [0.2, 0.25) is 0 Å². The molecule has 0 radical (unpaired) electrons. The molecule has 3 fully saturated rings. The Hall–Kier alpha value is -1.68. The molecule has 1 amide bonds. The number of rotatable bonds is 5. The first-order chi connectivity index (χ1) is 14.6. The average Bonchev–Trinajstić information content (AvgIpc) is 2.68. The summed E-state index contributed by atoms with van der Waals surface area (Å²) in [5.74, 6) is -0.0794. The minimum Gasteiger partial charge on any atom is -0.309 e. The SMILES string of the molecule is CC(=O)CC(=O)N(c1ccccc1)C1C[C@H]2CCC[C@@H](C1)N2C1CCCCCCC1. The maximum absolute atomic E-state index is 13.1. The van der Waals surface area contributed by atoms with Crippen molar-refractivity contribution in [1.29, 1.82) is 0 Å². The first kappa shape index (κ1) is 21.5. The number of hydrogen-bond donors (Lipinski definition) is 0. The van der Waals surface area contributed by atoms with Gasteiger partial charge >= 0.3 is 0 Å². The predicted octanol–water partition coefficient (Wildman–Crippen LogP) is 5.50. The highest BCUT2D eigenvalue weighted by atomic mass is 16.2. The fourth-order valence-electron chi connectivity index (χ4n) is 6.37. The van der Waals surface area contributed by atoms with Gasteiger partial charge in [0.15, 0.2) is 0 Å². The Balaban J connectivity index is 1.55. The summed E-state index contributed by atoms with van der Waals surface area (Å²) >= 11 is 0. The van der Waals surface area contributed by atoms with E-state index in [4.69, 9.17) is 0 Å². The van der Waals surface area contributed by atoms with Gasteiger partial charge in [0.05, 0.1) is 6.42 Å². The molecule has 3 aliphatic rings. The summed E-state index contributed by atoms with van der Waals surface area (Å²) < 4.78 is 0. The molecule has 4 heteroatoms. The van der Waals surface area contributed by atoms with Crippen LogP contribution in [-0.2, 0) is 9.59 Å². The average molecular weight is 411 g/mol. The molecule has 1 aromatic rings. The van der Waals surface area contributed by atoms with Crippen molar-refractivity contribution in [3.05, 3.63) is 30.3 Å². The second-order valence-electron chi connectivity index (χ2n) is 9.79. The number of carbonyl (C=O) groups is 2. The molecule has 2 heterocycles. The Morgan fingerprint density at radius 1 is 0.833 bits per heavy atom. The number of carbonyl (C=O) groups excluding carboxylic acids is 2. The van der Waals surface area contributed by atoms with E-state index in [0.717, 1.165) is 24.6 Å². The van der Waals surface area contributed by atoms with Crippen molar-refractivity contribution in [3.63, 3.8) is 0 Å². The maximum Gasteiger partial charge on any atom is 0.234 e. The monoisotopic (exact) mass is 410 g/mol. The van der Waals surface area contributed by atoms with E-state index in [-0.39, 0.29) is 24.2 Å². The van der Waals surface area contributed by atoms with E-state index in [1.54, 1.807) is 0 Å². The number of hydrogen-bond acceptors (Lipinski definition) is 3. The third kappa shape index (κ3) is 4.96. The van der Waals surface area contributed by atoms with Crippen molar-refractivity contribution in [2.45, 2.75) is 115 Å². The fourth-order valence-corrected chi connectivity index (χ4v) is 6.37. The lowest BCUT2D eigenvalue weighted by Crippen LogP contribution is -2.61. The van der Waals surface area contributed by atoms with Crippen LogP contribution >= 0.6 is 0 Å². The molecule has 0 N–H and O–H groups in total. The molecule has 4 rings (SSSR count). The van der Waals surface area contributed by atoms with E-state index in [1.165, 1.54) is 71.1 Å². The molecule has 2 bridgehead atoms. The highest BCUT2D eigenvalue weighted by Gasteiger charge is 2.44. The standard InChI is InChI=1S/C26H38N2O2/c1-20(29)17-26(30)28(22-13-8-5-9-14-22)25-18-23-15-10-16-24(19-25)27(23)21-11-6-3-2-4-7-12-21/h5,8-9,13-14,21,23-25H,2-4,6-7,10-12,15-19H2,1H3/t23-,24+,25?. The van der Waals surface area contributed by atoms with Gasteiger partial charge in [-0.25, -0.2) is 0 Å². The number of amides is 1. The molecule has 30 heavy (non-hydrogen) atoms. The topological polar surface area (TPSA) is 40.6 Å². The summed E-state index contributed by atoms with van der Waals surface area (Å²) in [6.07, 6.45) is 15.6. The van der Waals surface area contributed by atoms with Gasteiger partial charge in [0.25, 0.3) is 0 Å². The van der Waals surface area contributed by atoms with Crippen molar-refractivity contribution in [3.8, 4) is 0 Å². The third-order valence-electron chi connectivity index (χ3n) is 7.57. The van der Waals surface area contributed by atoms with E-state index < -0.39 is 0 Å². The van der Waals surface area contributed by atoms with E-state index in [9.17, 15) is 9.59 Å². The fraction of sp³-hybridized carbons (Fsp3) is 0.692. The summed E-state index contributed by atoms with van der Waals surface area (Å²) in [4.78, 5) is 29.7. The molecule has 164 valence electrons. The first-order valence-electron chi connectivity index (χ1n) is 12.3. The molecule has 1 aliphatic carbocycles. The molecule has 1 aromatic carbocycles. The van der Waals surface area contributed by atoms with Gasteiger partial charge in [-0.3, -0.25) is 14.5 Å². The van der Waals surface area contributed by atoms with Gasteiger partial charge in [-0.2, -0.15) is 0 Å². The zero-order chi connectivity index (χ0) is 20.9. The van der Waals surface area contributed by atoms with Crippen LogP contribution in [0.25, 0.3) is 0 Å². The van der Waals surface area contributed by atoms with E-state index in [2.05, 4.69) is 4.90 Å². The summed E-state index contributed by atoms with van der Waals surface area (Å²) in [6, 6.07) is 12.1. The van der Waals surface area contributed by atoms with Crippen LogP contribution in [0.1, 0.15) is 90.4 Å². The minimum atomic E-state index is -0.0481. The normalized spacial score (nSPS) is 28.4. The highest BCUT2D eigenvalue weighted by Crippen LogP contribution is 2.41. The number of anilines is 1. The number of fused-ring (bicyclic) bond motifs is 2. The number of benzene rings is 1. The van der Waals surface area contributed by atoms with Gasteiger partial charge in [0.1, 0.15) is 5.78 Å². The van der Waals surface area contributed by atoms with Gasteiger partial charge in [0.2, 0.25) is 5.91 Å². The van der Waals surface area contributed by atoms with Crippen LogP contribution < -0.4 is 4.90 Å². The van der Waals surface area contributed by atoms with E-state index in [1.807, 2.05) is 35.2 Å². The van der Waals surface area contributed by atoms with Gasteiger partial charge in [-0.15, -0.1) is 0 Å². The lowest BCUT2D eigenvalue weighted by Gasteiger charge is -2.54. The van der Waals surface area contributed by atoms with E-state index in [0.29, 0.717) is 12.1 Å². The van der Waals surface area contributed by atoms with Crippen LogP contribution in [0, 0.1) is 0 Å². The van der Waals surface area contributed by atoms with Crippen LogP contribution in [-0.4, -0.2) is 40.8 Å². The number of Topliss-reactive ketones (excluding diaryl/α,β-unsaturated/α-hetero) is 1. The highest BCUT2D eigenvalue weighted by molar-refractivity contribution is 6.05. The lowest BCUT2D eigenvalue weighted by atomic mass is 9.78. The van der Waals surface area contributed by atoms with Gasteiger partial charge in [-0.1, -0.05) is 56.7 Å². The molecule has 1 unspecified atom stereocenters. The van der Waals surface area contributed by atoms with Gasteiger partial charge in [-0.05, 0) is 57.6 Å². The van der Waals surface area contributed by atoms with Crippen LogP contribution in [0.5, 0.6) is 0 Å². The van der Waals surface area contributed by atoms with Crippen LogP contribution in [0.15, 0.2) is 30.3 Å². The van der Waals surface area contributed by atoms with Crippen molar-refractivity contribution < 1.29 is 9.59 Å². The molecular weight excluding hydrogens is 372 g/mol. The van der Waals surface area contributed by atoms with Crippen LogP contribution in [0.4, 0.5) is 5.69 Å². The summed E-state index contributed by atoms with van der Waals surface area (Å²) in [6.45, 7) is 1.52. The predicted molar refractivity (Wildman–Crippen MR) is 122 cm³/mol. The Labute approximate surface area is 182 Å². The number of piperidine rings is 2.